The largest absolute Gasteiger partial charge is 0.358 e. The Labute approximate surface area is 124 Å². The van der Waals surface area contributed by atoms with Crippen LogP contribution in [0.25, 0.3) is 0 Å². The summed E-state index contributed by atoms with van der Waals surface area (Å²) in [5, 5.41) is 0. The zero-order valence-corrected chi connectivity index (χ0v) is 12.9. The highest BCUT2D eigenvalue weighted by molar-refractivity contribution is 5.13. The maximum Gasteiger partial charge on any atom is 0.113 e. The maximum atomic E-state index is 6.29. The number of nitrogens with zero attached hydrogens (tertiary/aromatic N) is 1. The number of hydrogen-bond acceptors (Lipinski definition) is 2. The van der Waals surface area contributed by atoms with Gasteiger partial charge < -0.3 is 4.74 Å². The van der Waals surface area contributed by atoms with Crippen LogP contribution in [0.15, 0.2) is 30.3 Å². The third-order valence-corrected chi connectivity index (χ3v) is 4.10. The van der Waals surface area contributed by atoms with Gasteiger partial charge in [-0.1, -0.05) is 50.6 Å². The Bertz CT molecular complexity index is 359. The Morgan fingerprint density at radius 1 is 1.15 bits per heavy atom. The van der Waals surface area contributed by atoms with Gasteiger partial charge in [-0.25, -0.2) is 0 Å². The van der Waals surface area contributed by atoms with Crippen molar-refractivity contribution < 1.29 is 4.74 Å². The fourth-order valence-corrected chi connectivity index (χ4v) is 3.01. The summed E-state index contributed by atoms with van der Waals surface area (Å²) in [4.78, 5) is 2.53. The van der Waals surface area contributed by atoms with Crippen LogP contribution in [0.1, 0.15) is 45.1 Å². The quantitative estimate of drug-likeness (QED) is 0.736. The second kappa shape index (κ2) is 8.43. The number of likely N-dealkylation sites (tertiary alicyclic amines) is 1. The molecule has 1 aromatic rings. The second-order valence-corrected chi connectivity index (χ2v) is 5.86. The highest BCUT2D eigenvalue weighted by Gasteiger charge is 2.26. The first-order chi connectivity index (χ1) is 9.81. The van der Waals surface area contributed by atoms with Crippen molar-refractivity contribution in [1.29, 1.82) is 0 Å². The lowest BCUT2D eigenvalue weighted by Gasteiger charge is -2.37. The van der Waals surface area contributed by atoms with E-state index >= 15 is 0 Å². The van der Waals surface area contributed by atoms with Crippen molar-refractivity contribution in [3.8, 4) is 0 Å². The van der Waals surface area contributed by atoms with Crippen molar-refractivity contribution >= 4 is 0 Å². The number of rotatable bonds is 7. The summed E-state index contributed by atoms with van der Waals surface area (Å²) in [7, 11) is 0. The zero-order valence-electron chi connectivity index (χ0n) is 12.9. The van der Waals surface area contributed by atoms with Crippen molar-refractivity contribution in [1.82, 2.24) is 4.90 Å². The molecule has 20 heavy (non-hydrogen) atoms. The molecule has 2 unspecified atom stereocenters. The Hall–Kier alpha value is -0.860. The van der Waals surface area contributed by atoms with E-state index in [1.165, 1.54) is 31.2 Å². The molecular weight excluding hydrogens is 246 g/mol. The molecule has 0 amide bonds. The summed E-state index contributed by atoms with van der Waals surface area (Å²) in [6.07, 6.45) is 7.53. The average Bonchev–Trinajstić information content (AvgIpc) is 2.50. The molecule has 2 atom stereocenters. The Morgan fingerprint density at radius 2 is 1.85 bits per heavy atom. The van der Waals surface area contributed by atoms with E-state index in [4.69, 9.17) is 4.74 Å². The van der Waals surface area contributed by atoms with Crippen LogP contribution in [-0.4, -0.2) is 24.2 Å². The van der Waals surface area contributed by atoms with E-state index < -0.39 is 0 Å². The van der Waals surface area contributed by atoms with E-state index in [0.717, 1.165) is 19.7 Å². The number of hydrogen-bond donors (Lipinski definition) is 0. The minimum absolute atomic E-state index is 0.267. The first-order valence-corrected chi connectivity index (χ1v) is 8.02. The lowest BCUT2D eigenvalue weighted by molar-refractivity contribution is -0.103. The van der Waals surface area contributed by atoms with E-state index in [1.54, 1.807) is 0 Å². The van der Waals surface area contributed by atoms with Gasteiger partial charge in [0, 0.05) is 13.1 Å². The lowest BCUT2D eigenvalue weighted by Crippen LogP contribution is -2.44. The van der Waals surface area contributed by atoms with Gasteiger partial charge in [0.25, 0.3) is 0 Å². The van der Waals surface area contributed by atoms with Gasteiger partial charge in [-0.15, -0.1) is 0 Å². The first kappa shape index (κ1) is 15.5. The standard InChI is InChI=1S/C18H28NO/c1-3-10-16(2)18(19-13-8-5-9-14-19)20-15-17-11-6-4-7-12-17/h4-7,11-12,16,18H,3,8-10,13-15H2,1-2H3. The van der Waals surface area contributed by atoms with Crippen LogP contribution in [0.2, 0.25) is 0 Å². The molecule has 1 radical (unpaired) electrons. The van der Waals surface area contributed by atoms with Gasteiger partial charge in [0.15, 0.2) is 0 Å². The zero-order chi connectivity index (χ0) is 14.2. The molecular formula is C18H28NO. The molecule has 1 saturated heterocycles. The molecule has 2 rings (SSSR count). The van der Waals surface area contributed by atoms with Gasteiger partial charge in [-0.3, -0.25) is 4.90 Å². The van der Waals surface area contributed by atoms with Crippen LogP contribution >= 0.6 is 0 Å². The maximum absolute atomic E-state index is 6.29. The van der Waals surface area contributed by atoms with Gasteiger partial charge in [0.2, 0.25) is 0 Å². The fourth-order valence-electron chi connectivity index (χ4n) is 3.01. The molecule has 0 bridgehead atoms. The normalized spacial score (nSPS) is 19.7. The molecule has 2 nitrogen and oxygen atoms in total. The van der Waals surface area contributed by atoms with Crippen LogP contribution in [0, 0.1) is 12.3 Å². The van der Waals surface area contributed by atoms with E-state index in [-0.39, 0.29) is 6.23 Å². The summed E-state index contributed by atoms with van der Waals surface area (Å²) in [5.41, 5.74) is 1.27. The van der Waals surface area contributed by atoms with Crippen LogP contribution in [-0.2, 0) is 11.3 Å². The molecule has 2 heteroatoms. The van der Waals surface area contributed by atoms with E-state index in [1.807, 2.05) is 0 Å². The van der Waals surface area contributed by atoms with E-state index in [2.05, 4.69) is 55.5 Å². The summed E-state index contributed by atoms with van der Waals surface area (Å²) < 4.78 is 6.29. The smallest absolute Gasteiger partial charge is 0.113 e. The Morgan fingerprint density at radius 3 is 2.50 bits per heavy atom. The molecule has 0 saturated carbocycles. The van der Waals surface area contributed by atoms with Gasteiger partial charge in [0.05, 0.1) is 6.61 Å². The summed E-state index contributed by atoms with van der Waals surface area (Å²) >= 11 is 0. The summed E-state index contributed by atoms with van der Waals surface area (Å²) in [6, 6.07) is 10.5. The Balaban J connectivity index is 1.94. The van der Waals surface area contributed by atoms with Gasteiger partial charge >= 0.3 is 0 Å². The van der Waals surface area contributed by atoms with E-state index in [0.29, 0.717) is 5.92 Å². The molecule has 0 aliphatic carbocycles. The minimum Gasteiger partial charge on any atom is -0.358 e. The van der Waals surface area contributed by atoms with Crippen molar-refractivity contribution in [2.24, 2.45) is 5.92 Å². The molecule has 111 valence electrons. The van der Waals surface area contributed by atoms with Gasteiger partial charge in [-0.2, -0.15) is 0 Å². The monoisotopic (exact) mass is 274 g/mol. The summed E-state index contributed by atoms with van der Waals surface area (Å²) in [5.74, 6) is 0.599. The number of piperidine rings is 1. The minimum atomic E-state index is 0.267. The molecule has 1 aromatic carbocycles. The molecule has 0 aromatic heterocycles. The topological polar surface area (TPSA) is 12.5 Å². The fraction of sp³-hybridized carbons (Fsp3) is 0.611. The molecule has 1 fully saturated rings. The third-order valence-electron chi connectivity index (χ3n) is 4.10. The molecule has 1 aliphatic rings. The Kier molecular flexibility index (Phi) is 6.55. The van der Waals surface area contributed by atoms with Crippen LogP contribution in [0.5, 0.6) is 0 Å². The third kappa shape index (κ3) is 4.60. The van der Waals surface area contributed by atoms with Crippen molar-refractivity contribution in [2.75, 3.05) is 13.1 Å². The summed E-state index contributed by atoms with van der Waals surface area (Å²) in [6.45, 7) is 7.60. The van der Waals surface area contributed by atoms with Crippen LogP contribution < -0.4 is 0 Å². The van der Waals surface area contributed by atoms with Crippen LogP contribution in [0.3, 0.4) is 0 Å². The second-order valence-electron chi connectivity index (χ2n) is 5.86. The first-order valence-electron chi connectivity index (χ1n) is 8.02. The SMILES string of the molecule is CCCC(C)C(OCc1ccccc1)N1CC[CH]CC1. The molecule has 1 heterocycles. The predicted molar refractivity (Wildman–Crippen MR) is 84.2 cm³/mol. The highest BCUT2D eigenvalue weighted by Crippen LogP contribution is 2.22. The average molecular weight is 274 g/mol. The molecule has 0 N–H and O–H groups in total. The molecule has 1 aliphatic heterocycles. The predicted octanol–water partition coefficient (Wildman–Crippen LogP) is 4.27. The lowest BCUT2D eigenvalue weighted by atomic mass is 10.0. The number of ether oxygens (including phenoxy) is 1. The van der Waals surface area contributed by atoms with Crippen LogP contribution in [0.4, 0.5) is 0 Å². The van der Waals surface area contributed by atoms with Crippen molar-refractivity contribution in [3.05, 3.63) is 42.3 Å². The van der Waals surface area contributed by atoms with E-state index in [9.17, 15) is 0 Å². The van der Waals surface area contributed by atoms with Crippen molar-refractivity contribution in [2.45, 2.75) is 52.4 Å². The molecule has 0 spiro atoms. The number of benzene rings is 1. The van der Waals surface area contributed by atoms with Gasteiger partial charge in [0.1, 0.15) is 6.23 Å². The van der Waals surface area contributed by atoms with Crippen molar-refractivity contribution in [3.63, 3.8) is 0 Å². The van der Waals surface area contributed by atoms with Gasteiger partial charge in [-0.05, 0) is 37.2 Å². The highest BCUT2D eigenvalue weighted by atomic mass is 16.5.